The maximum absolute atomic E-state index is 12.6. The number of ether oxygens (including phenoxy) is 2. The highest BCUT2D eigenvalue weighted by Gasteiger charge is 2.27. The monoisotopic (exact) mass is 345 g/mol. The number of carboxylic acid groups (broad SMARTS) is 1. The summed E-state index contributed by atoms with van der Waals surface area (Å²) in [7, 11) is -1.17. The van der Waals surface area contributed by atoms with Crippen molar-refractivity contribution in [1.29, 1.82) is 0 Å². The van der Waals surface area contributed by atoms with E-state index in [9.17, 15) is 18.3 Å². The lowest BCUT2D eigenvalue weighted by Gasteiger charge is -2.16. The van der Waals surface area contributed by atoms with E-state index in [2.05, 4.69) is 4.72 Å². The van der Waals surface area contributed by atoms with Crippen LogP contribution >= 0.6 is 0 Å². The Labute approximate surface area is 136 Å². The summed E-state index contributed by atoms with van der Waals surface area (Å²) in [6.07, 6.45) is 1.61. The molecule has 0 fully saturated rings. The summed E-state index contributed by atoms with van der Waals surface area (Å²) in [5.74, 6) is -1.05. The van der Waals surface area contributed by atoms with Gasteiger partial charge in [-0.15, -0.1) is 0 Å². The molecule has 1 aromatic rings. The minimum absolute atomic E-state index is 0.0997. The number of carboxylic acids is 1. The number of hydrogen-bond acceptors (Lipinski definition) is 5. The van der Waals surface area contributed by atoms with E-state index in [0.29, 0.717) is 12.0 Å². The summed E-state index contributed by atoms with van der Waals surface area (Å²) in [6, 6.07) is 3.46. The van der Waals surface area contributed by atoms with Crippen LogP contribution in [0.25, 0.3) is 0 Å². The third-order valence-electron chi connectivity index (χ3n) is 3.27. The van der Waals surface area contributed by atoms with Gasteiger partial charge in [-0.1, -0.05) is 25.8 Å². The molecule has 1 aromatic carbocycles. The Balaban J connectivity index is 3.14. The first-order valence-corrected chi connectivity index (χ1v) is 8.75. The van der Waals surface area contributed by atoms with Gasteiger partial charge in [0.05, 0.1) is 13.7 Å². The van der Waals surface area contributed by atoms with Gasteiger partial charge >= 0.3 is 5.97 Å². The van der Waals surface area contributed by atoms with Gasteiger partial charge in [-0.25, -0.2) is 8.42 Å². The van der Waals surface area contributed by atoms with Crippen molar-refractivity contribution < 1.29 is 27.8 Å². The molecule has 130 valence electrons. The van der Waals surface area contributed by atoms with Crippen LogP contribution in [-0.2, 0) is 26.2 Å². The van der Waals surface area contributed by atoms with Crippen LogP contribution < -0.4 is 9.46 Å². The first kappa shape index (κ1) is 19.4. The summed E-state index contributed by atoms with van der Waals surface area (Å²) in [6.45, 7) is 2.15. The van der Waals surface area contributed by atoms with E-state index in [4.69, 9.17) is 9.47 Å². The van der Waals surface area contributed by atoms with Gasteiger partial charge < -0.3 is 14.6 Å². The molecule has 8 heteroatoms. The van der Waals surface area contributed by atoms with Crippen LogP contribution in [0.5, 0.6) is 5.75 Å². The van der Waals surface area contributed by atoms with Gasteiger partial charge in [0.25, 0.3) is 0 Å². The first-order valence-electron chi connectivity index (χ1n) is 7.26. The zero-order valence-corrected chi connectivity index (χ0v) is 14.4. The molecule has 0 bridgehead atoms. The normalized spacial score (nSPS) is 12.8. The third-order valence-corrected chi connectivity index (χ3v) is 4.76. The highest BCUT2D eigenvalue weighted by atomic mass is 32.2. The number of methoxy groups -OCH3 is 2. The van der Waals surface area contributed by atoms with Gasteiger partial charge in [0.1, 0.15) is 16.7 Å². The number of rotatable bonds is 10. The smallest absolute Gasteiger partial charge is 0.321 e. The Hall–Kier alpha value is -1.64. The lowest BCUT2D eigenvalue weighted by Crippen LogP contribution is -2.40. The molecule has 2 N–H and O–H groups in total. The lowest BCUT2D eigenvalue weighted by molar-refractivity contribution is -0.139. The van der Waals surface area contributed by atoms with Crippen molar-refractivity contribution in [2.45, 2.75) is 43.7 Å². The number of sulfonamides is 1. The maximum Gasteiger partial charge on any atom is 0.321 e. The van der Waals surface area contributed by atoms with Gasteiger partial charge in [0, 0.05) is 7.11 Å². The molecule has 1 atom stereocenters. The van der Waals surface area contributed by atoms with E-state index in [0.717, 1.165) is 6.42 Å². The second-order valence-corrected chi connectivity index (χ2v) is 6.75. The molecule has 7 nitrogen and oxygen atoms in total. The van der Waals surface area contributed by atoms with E-state index in [-0.39, 0.29) is 23.7 Å². The SMILES string of the molecule is CCCCC(NS(=O)(=O)c1cc(COC)ccc1OC)C(=O)O. The third kappa shape index (κ3) is 5.49. The topological polar surface area (TPSA) is 102 Å². The zero-order valence-electron chi connectivity index (χ0n) is 13.5. The molecule has 0 amide bonds. The van der Waals surface area contributed by atoms with Crippen LogP contribution in [0, 0.1) is 0 Å². The first-order chi connectivity index (χ1) is 10.9. The number of nitrogens with one attached hydrogen (secondary N) is 1. The Morgan fingerprint density at radius 2 is 2.04 bits per heavy atom. The van der Waals surface area contributed by atoms with Crippen LogP contribution in [0.1, 0.15) is 31.7 Å². The molecule has 0 saturated heterocycles. The fourth-order valence-electron chi connectivity index (χ4n) is 2.08. The van der Waals surface area contributed by atoms with Crippen molar-refractivity contribution in [3.8, 4) is 5.75 Å². The number of unbranched alkanes of at least 4 members (excludes halogenated alkanes) is 1. The molecule has 1 unspecified atom stereocenters. The van der Waals surface area contributed by atoms with Crippen molar-refractivity contribution in [2.24, 2.45) is 0 Å². The Bertz CT molecular complexity index is 629. The molecule has 23 heavy (non-hydrogen) atoms. The van der Waals surface area contributed by atoms with Crippen LogP contribution in [0.4, 0.5) is 0 Å². The molecule has 0 radical (unpaired) electrons. The average Bonchev–Trinajstić information content (AvgIpc) is 2.51. The van der Waals surface area contributed by atoms with Crippen LogP contribution in [-0.4, -0.2) is 39.8 Å². The van der Waals surface area contributed by atoms with Crippen molar-refractivity contribution in [2.75, 3.05) is 14.2 Å². The fourth-order valence-corrected chi connectivity index (χ4v) is 3.52. The minimum atomic E-state index is -4.03. The predicted octanol–water partition coefficient (Wildman–Crippen LogP) is 1.76. The molecule has 0 heterocycles. The van der Waals surface area contributed by atoms with Crippen molar-refractivity contribution in [3.05, 3.63) is 23.8 Å². The molecular weight excluding hydrogens is 322 g/mol. The zero-order chi connectivity index (χ0) is 17.5. The predicted molar refractivity (Wildman–Crippen MR) is 85.0 cm³/mol. The quantitative estimate of drug-likeness (QED) is 0.670. The summed E-state index contributed by atoms with van der Waals surface area (Å²) in [5, 5.41) is 9.20. The van der Waals surface area contributed by atoms with Gasteiger partial charge in [-0.3, -0.25) is 4.79 Å². The van der Waals surface area contributed by atoms with Gasteiger partial charge in [-0.05, 0) is 24.1 Å². The molecule has 0 spiro atoms. The van der Waals surface area contributed by atoms with E-state index in [1.807, 2.05) is 6.92 Å². The fraction of sp³-hybridized carbons (Fsp3) is 0.533. The van der Waals surface area contributed by atoms with Gasteiger partial charge in [0.15, 0.2) is 0 Å². The molecule has 0 aliphatic heterocycles. The molecule has 1 rings (SSSR count). The number of aliphatic carboxylic acids is 1. The summed E-state index contributed by atoms with van der Waals surface area (Å²) in [4.78, 5) is 11.2. The average molecular weight is 345 g/mol. The van der Waals surface area contributed by atoms with Crippen LogP contribution in [0.2, 0.25) is 0 Å². The van der Waals surface area contributed by atoms with E-state index in [1.54, 1.807) is 6.07 Å². The second kappa shape index (κ2) is 8.85. The van der Waals surface area contributed by atoms with E-state index < -0.39 is 22.0 Å². The van der Waals surface area contributed by atoms with Gasteiger partial charge in [0.2, 0.25) is 10.0 Å². The molecule has 0 aliphatic carbocycles. The molecule has 0 aliphatic rings. The number of carbonyl (C=O) groups is 1. The van der Waals surface area contributed by atoms with Crippen LogP contribution in [0.15, 0.2) is 23.1 Å². The largest absolute Gasteiger partial charge is 0.495 e. The van der Waals surface area contributed by atoms with E-state index >= 15 is 0 Å². The van der Waals surface area contributed by atoms with Crippen molar-refractivity contribution >= 4 is 16.0 Å². The van der Waals surface area contributed by atoms with Gasteiger partial charge in [-0.2, -0.15) is 4.72 Å². The minimum Gasteiger partial charge on any atom is -0.495 e. The Morgan fingerprint density at radius 1 is 1.35 bits per heavy atom. The maximum atomic E-state index is 12.6. The summed E-state index contributed by atoms with van der Waals surface area (Å²) >= 11 is 0. The van der Waals surface area contributed by atoms with Crippen molar-refractivity contribution in [3.63, 3.8) is 0 Å². The lowest BCUT2D eigenvalue weighted by atomic mass is 10.1. The highest BCUT2D eigenvalue weighted by Crippen LogP contribution is 2.25. The van der Waals surface area contributed by atoms with Crippen molar-refractivity contribution in [1.82, 2.24) is 4.72 Å². The number of hydrogen-bond donors (Lipinski definition) is 2. The molecular formula is C15H23NO6S. The molecule has 0 saturated carbocycles. The summed E-state index contributed by atoms with van der Waals surface area (Å²) in [5.41, 5.74) is 0.647. The highest BCUT2D eigenvalue weighted by molar-refractivity contribution is 7.89. The standard InChI is InChI=1S/C15H23NO6S/c1-4-5-6-12(15(17)18)16-23(19,20)14-9-11(10-21-2)7-8-13(14)22-3/h7-9,12,16H,4-6,10H2,1-3H3,(H,17,18). The van der Waals surface area contributed by atoms with Crippen LogP contribution in [0.3, 0.4) is 0 Å². The van der Waals surface area contributed by atoms with E-state index in [1.165, 1.54) is 26.4 Å². The second-order valence-electron chi connectivity index (χ2n) is 5.07. The Morgan fingerprint density at radius 3 is 2.57 bits per heavy atom. The number of benzene rings is 1. The molecule has 0 aromatic heterocycles. The Kier molecular flexibility index (Phi) is 7.47. The summed E-state index contributed by atoms with van der Waals surface area (Å²) < 4.78 is 37.4.